The molecule has 5 rings (SSSR count). The minimum atomic E-state index is -4.37. The van der Waals surface area contributed by atoms with Crippen molar-refractivity contribution in [2.45, 2.75) is 19.5 Å². The van der Waals surface area contributed by atoms with Gasteiger partial charge in [0.05, 0.1) is 36.7 Å². The number of aryl methyl sites for hydroxylation is 2. The number of urea groups is 1. The van der Waals surface area contributed by atoms with Crippen LogP contribution in [0, 0.1) is 18.7 Å². The van der Waals surface area contributed by atoms with Crippen LogP contribution in [0.3, 0.4) is 0 Å². The summed E-state index contributed by atoms with van der Waals surface area (Å²) in [5.74, 6) is -1.51. The van der Waals surface area contributed by atoms with Gasteiger partial charge in [-0.25, -0.2) is 14.2 Å². The summed E-state index contributed by atoms with van der Waals surface area (Å²) in [6, 6.07) is 5.86. The molecule has 2 aliphatic heterocycles. The first kappa shape index (κ1) is 26.0. The molecule has 2 saturated heterocycles. The number of likely N-dealkylation sites (tertiary alicyclic amines) is 1. The fraction of sp³-hybridized carbons (Fsp3) is 0.423. The summed E-state index contributed by atoms with van der Waals surface area (Å²) in [6.45, 7) is 3.76. The molecule has 12 heteroatoms. The monoisotopic (exact) mass is 532 g/mol. The van der Waals surface area contributed by atoms with Crippen molar-refractivity contribution in [2.75, 3.05) is 49.6 Å². The predicted octanol–water partition coefficient (Wildman–Crippen LogP) is 4.85. The molecule has 2 fully saturated rings. The highest BCUT2D eigenvalue weighted by molar-refractivity contribution is 5.91. The normalized spacial score (nSPS) is 18.2. The minimum Gasteiger partial charge on any atom is -0.378 e. The molecule has 0 aliphatic carbocycles. The zero-order valence-electron chi connectivity index (χ0n) is 21.1. The van der Waals surface area contributed by atoms with Crippen LogP contribution in [-0.4, -0.2) is 71.3 Å². The number of aromatic nitrogens is 3. The van der Waals surface area contributed by atoms with Crippen molar-refractivity contribution in [1.29, 1.82) is 0 Å². The first-order valence-electron chi connectivity index (χ1n) is 12.4. The van der Waals surface area contributed by atoms with Gasteiger partial charge in [-0.15, -0.1) is 0 Å². The predicted molar refractivity (Wildman–Crippen MR) is 134 cm³/mol. The lowest BCUT2D eigenvalue weighted by Crippen LogP contribution is -2.36. The summed E-state index contributed by atoms with van der Waals surface area (Å²) in [4.78, 5) is 20.7. The molecule has 0 saturated carbocycles. The molecule has 2 amide bonds. The van der Waals surface area contributed by atoms with Crippen LogP contribution in [0.5, 0.6) is 0 Å². The molecule has 3 aromatic rings. The van der Waals surface area contributed by atoms with E-state index in [1.165, 1.54) is 12.1 Å². The number of rotatable bonds is 4. The zero-order chi connectivity index (χ0) is 27.0. The number of nitrogens with one attached hydrogen (secondary N) is 1. The molecule has 2 aliphatic rings. The summed E-state index contributed by atoms with van der Waals surface area (Å²) in [5.41, 5.74) is 3.45. The molecule has 2 aromatic heterocycles. The molecule has 1 N–H and O–H groups in total. The third kappa shape index (κ3) is 5.45. The van der Waals surface area contributed by atoms with E-state index >= 15 is 0 Å². The number of benzene rings is 1. The second kappa shape index (κ2) is 10.2. The van der Waals surface area contributed by atoms with Gasteiger partial charge in [-0.05, 0) is 54.3 Å². The molecule has 202 valence electrons. The fourth-order valence-electron chi connectivity index (χ4n) is 4.81. The van der Waals surface area contributed by atoms with Gasteiger partial charge in [-0.1, -0.05) is 0 Å². The van der Waals surface area contributed by atoms with Crippen molar-refractivity contribution < 1.29 is 27.1 Å². The molecule has 0 radical (unpaired) electrons. The number of ether oxygens (including phenoxy) is 1. The second-order valence-corrected chi connectivity index (χ2v) is 9.65. The van der Waals surface area contributed by atoms with E-state index in [0.29, 0.717) is 43.1 Å². The summed E-state index contributed by atoms with van der Waals surface area (Å²) in [7, 11) is 1.81. The smallest absolute Gasteiger partial charge is 0.378 e. The molecule has 0 spiro atoms. The van der Waals surface area contributed by atoms with Crippen molar-refractivity contribution in [2.24, 2.45) is 13.0 Å². The van der Waals surface area contributed by atoms with E-state index in [1.54, 1.807) is 17.8 Å². The highest BCUT2D eigenvalue weighted by Gasteiger charge is 2.44. The third-order valence-electron chi connectivity index (χ3n) is 6.95. The van der Waals surface area contributed by atoms with E-state index in [0.717, 1.165) is 21.8 Å². The number of morpholine rings is 1. The van der Waals surface area contributed by atoms with Crippen molar-refractivity contribution >= 4 is 17.5 Å². The van der Waals surface area contributed by atoms with Gasteiger partial charge >= 0.3 is 12.2 Å². The fourth-order valence-corrected chi connectivity index (χ4v) is 4.81. The van der Waals surface area contributed by atoms with Crippen LogP contribution in [0.4, 0.5) is 33.9 Å². The maximum Gasteiger partial charge on any atom is 0.393 e. The van der Waals surface area contributed by atoms with Crippen molar-refractivity contribution in [1.82, 2.24) is 19.7 Å². The van der Waals surface area contributed by atoms with Crippen LogP contribution in [0.25, 0.3) is 22.4 Å². The van der Waals surface area contributed by atoms with Crippen LogP contribution < -0.4 is 10.2 Å². The summed E-state index contributed by atoms with van der Waals surface area (Å²) in [6.07, 6.45) is -0.981. The lowest BCUT2D eigenvalue weighted by Gasteiger charge is -2.28. The Bertz CT molecular complexity index is 1340. The number of carbonyl (C=O) groups excluding carboxylic acids is 1. The van der Waals surface area contributed by atoms with Gasteiger partial charge in [0.25, 0.3) is 0 Å². The number of nitrogens with zero attached hydrogens (tertiary/aromatic N) is 5. The highest BCUT2D eigenvalue weighted by atomic mass is 19.4. The van der Waals surface area contributed by atoms with Crippen molar-refractivity contribution in [3.63, 3.8) is 0 Å². The lowest BCUT2D eigenvalue weighted by atomic mass is 9.98. The van der Waals surface area contributed by atoms with Gasteiger partial charge in [0.1, 0.15) is 11.6 Å². The Morgan fingerprint density at radius 2 is 1.87 bits per heavy atom. The number of hydrogen-bond acceptors (Lipinski definition) is 5. The molecular formula is C26H28F4N6O2. The largest absolute Gasteiger partial charge is 0.393 e. The van der Waals surface area contributed by atoms with E-state index in [1.807, 2.05) is 25.4 Å². The van der Waals surface area contributed by atoms with Crippen LogP contribution in [-0.2, 0) is 11.8 Å². The SMILES string of the molecule is Cc1cc(F)c(NC(=O)N2CC[C@@H](C(F)(F)F)C2)cc1-c1cc(-c2cnn(C)c2)nc(N2CCOCC2)c1. The highest BCUT2D eigenvalue weighted by Crippen LogP contribution is 2.36. The Morgan fingerprint density at radius 1 is 1.11 bits per heavy atom. The number of halogens is 4. The third-order valence-corrected chi connectivity index (χ3v) is 6.95. The van der Waals surface area contributed by atoms with Gasteiger partial charge in [0.2, 0.25) is 0 Å². The Balaban J connectivity index is 1.48. The number of hydrogen-bond donors (Lipinski definition) is 1. The van der Waals surface area contributed by atoms with Crippen LogP contribution in [0.15, 0.2) is 36.7 Å². The van der Waals surface area contributed by atoms with E-state index in [-0.39, 0.29) is 18.7 Å². The standard InChI is InChI=1S/C26H28F4N6O2/c1-16-9-21(27)23(33-25(37)36-4-3-19(15-36)26(28,29)30)12-20(16)17-10-22(18-13-31-34(2)14-18)32-24(11-17)35-5-7-38-8-6-35/h9-14,19H,3-8,15H2,1-2H3,(H,33,37)/t19-/m1/s1. The molecule has 1 aromatic carbocycles. The quantitative estimate of drug-likeness (QED) is 0.487. The lowest BCUT2D eigenvalue weighted by molar-refractivity contribution is -0.169. The number of carbonyl (C=O) groups is 1. The Morgan fingerprint density at radius 3 is 2.53 bits per heavy atom. The van der Waals surface area contributed by atoms with Gasteiger partial charge in [-0.3, -0.25) is 4.68 Å². The first-order valence-corrected chi connectivity index (χ1v) is 12.4. The average Bonchev–Trinajstić information content (AvgIpc) is 3.56. The summed E-state index contributed by atoms with van der Waals surface area (Å²) in [5, 5.41) is 6.72. The molecule has 1 atom stereocenters. The average molecular weight is 533 g/mol. The van der Waals surface area contributed by atoms with Crippen LogP contribution in [0.2, 0.25) is 0 Å². The van der Waals surface area contributed by atoms with Gasteiger partial charge < -0.3 is 19.9 Å². The van der Waals surface area contributed by atoms with Crippen molar-refractivity contribution in [3.8, 4) is 22.4 Å². The number of amides is 2. The summed E-state index contributed by atoms with van der Waals surface area (Å²) >= 11 is 0. The molecule has 38 heavy (non-hydrogen) atoms. The Hall–Kier alpha value is -3.67. The molecule has 0 unspecified atom stereocenters. The van der Waals surface area contributed by atoms with E-state index < -0.39 is 30.5 Å². The molecular weight excluding hydrogens is 504 g/mol. The zero-order valence-corrected chi connectivity index (χ0v) is 21.1. The van der Waals surface area contributed by atoms with Gasteiger partial charge in [-0.2, -0.15) is 18.3 Å². The van der Waals surface area contributed by atoms with Crippen LogP contribution >= 0.6 is 0 Å². The maximum absolute atomic E-state index is 14.9. The van der Waals surface area contributed by atoms with E-state index in [2.05, 4.69) is 15.3 Å². The van der Waals surface area contributed by atoms with Gasteiger partial charge in [0, 0.05) is 45.0 Å². The first-order chi connectivity index (χ1) is 18.1. The number of pyridine rings is 1. The topological polar surface area (TPSA) is 75.5 Å². The molecule has 4 heterocycles. The van der Waals surface area contributed by atoms with E-state index in [4.69, 9.17) is 9.72 Å². The molecule has 8 nitrogen and oxygen atoms in total. The maximum atomic E-state index is 14.9. The Labute approximate surface area is 217 Å². The molecule has 0 bridgehead atoms. The van der Waals surface area contributed by atoms with Crippen molar-refractivity contribution in [3.05, 3.63) is 48.0 Å². The second-order valence-electron chi connectivity index (χ2n) is 9.65. The number of alkyl halides is 3. The van der Waals surface area contributed by atoms with Gasteiger partial charge in [0.15, 0.2) is 0 Å². The van der Waals surface area contributed by atoms with E-state index in [9.17, 15) is 22.4 Å². The van der Waals surface area contributed by atoms with Crippen LogP contribution in [0.1, 0.15) is 12.0 Å². The minimum absolute atomic E-state index is 0.0436. The Kier molecular flexibility index (Phi) is 6.99. The summed E-state index contributed by atoms with van der Waals surface area (Å²) < 4.78 is 61.2. The number of anilines is 2.